The number of aliphatic hydroxyl groups is 2. The van der Waals surface area contributed by atoms with Crippen LogP contribution in [0, 0.1) is 0 Å². The van der Waals surface area contributed by atoms with E-state index in [0.29, 0.717) is 10.6 Å². The van der Waals surface area contributed by atoms with E-state index in [1.807, 2.05) is 6.92 Å². The molecule has 0 atom stereocenters. The first-order valence-electron chi connectivity index (χ1n) is 5.96. The number of nitrogens with one attached hydrogen (secondary N) is 1. The first-order valence-corrected chi connectivity index (χ1v) is 6.95. The van der Waals surface area contributed by atoms with E-state index >= 15 is 0 Å². The van der Waals surface area contributed by atoms with Crippen LogP contribution < -0.4 is 5.32 Å². The van der Waals surface area contributed by atoms with Crippen molar-refractivity contribution in [1.29, 1.82) is 0 Å². The third-order valence-electron chi connectivity index (χ3n) is 2.67. The highest BCUT2D eigenvalue weighted by atomic mass is 32.2. The van der Waals surface area contributed by atoms with Crippen molar-refractivity contribution in [3.05, 3.63) is 23.8 Å². The first-order chi connectivity index (χ1) is 8.97. The van der Waals surface area contributed by atoms with Crippen LogP contribution in [0.2, 0.25) is 0 Å². The lowest BCUT2D eigenvalue weighted by Crippen LogP contribution is -2.43. The highest BCUT2D eigenvalue weighted by Gasteiger charge is 2.25. The Kier molecular flexibility index (Phi) is 5.65. The molecule has 1 aromatic carbocycles. The predicted molar refractivity (Wildman–Crippen MR) is 76.0 cm³/mol. The van der Waals surface area contributed by atoms with Gasteiger partial charge in [0.1, 0.15) is 0 Å². The molecule has 0 heterocycles. The minimum absolute atomic E-state index is 0.169. The van der Waals surface area contributed by atoms with Crippen molar-refractivity contribution in [3.63, 3.8) is 0 Å². The van der Waals surface area contributed by atoms with Crippen LogP contribution in [0.4, 0.5) is 5.69 Å². The molecule has 0 amide bonds. The van der Waals surface area contributed by atoms with E-state index in [2.05, 4.69) is 5.32 Å². The van der Waals surface area contributed by atoms with E-state index in [4.69, 9.17) is 0 Å². The molecule has 4 N–H and O–H groups in total. The second kappa shape index (κ2) is 6.79. The van der Waals surface area contributed by atoms with Crippen LogP contribution in [0.15, 0.2) is 23.1 Å². The molecule has 0 unspecified atom stereocenters. The smallest absolute Gasteiger partial charge is 0.338 e. The zero-order chi connectivity index (χ0) is 14.5. The van der Waals surface area contributed by atoms with Crippen molar-refractivity contribution < 1.29 is 20.1 Å². The SMILES string of the molecule is CCSc1cccc(NC(C)(CO)CO)c1C(=O)O. The quantitative estimate of drug-likeness (QED) is 0.570. The van der Waals surface area contributed by atoms with Gasteiger partial charge >= 0.3 is 5.97 Å². The summed E-state index contributed by atoms with van der Waals surface area (Å²) in [6.45, 7) is 2.97. The third kappa shape index (κ3) is 3.86. The molecule has 106 valence electrons. The van der Waals surface area contributed by atoms with Gasteiger partial charge in [-0.05, 0) is 24.8 Å². The average molecular weight is 285 g/mol. The van der Waals surface area contributed by atoms with E-state index in [-0.39, 0.29) is 18.8 Å². The van der Waals surface area contributed by atoms with Gasteiger partial charge in [-0.1, -0.05) is 13.0 Å². The Morgan fingerprint density at radius 2 is 2.00 bits per heavy atom. The van der Waals surface area contributed by atoms with Gasteiger partial charge in [-0.15, -0.1) is 11.8 Å². The fraction of sp³-hybridized carbons (Fsp3) is 0.462. The Morgan fingerprint density at radius 1 is 1.37 bits per heavy atom. The lowest BCUT2D eigenvalue weighted by atomic mass is 10.0. The van der Waals surface area contributed by atoms with Gasteiger partial charge < -0.3 is 20.6 Å². The van der Waals surface area contributed by atoms with Crippen molar-refractivity contribution in [3.8, 4) is 0 Å². The molecule has 0 radical (unpaired) electrons. The fourth-order valence-corrected chi connectivity index (χ4v) is 2.41. The van der Waals surface area contributed by atoms with Crippen LogP contribution >= 0.6 is 11.8 Å². The Labute approximate surface area is 116 Å². The second-order valence-electron chi connectivity index (χ2n) is 4.42. The van der Waals surface area contributed by atoms with E-state index in [9.17, 15) is 20.1 Å². The number of aromatic carboxylic acids is 1. The summed E-state index contributed by atoms with van der Waals surface area (Å²) >= 11 is 1.44. The summed E-state index contributed by atoms with van der Waals surface area (Å²) in [5.74, 6) is -0.265. The fourth-order valence-electron chi connectivity index (χ4n) is 1.59. The van der Waals surface area contributed by atoms with Gasteiger partial charge in [-0.25, -0.2) is 4.79 Å². The number of carboxylic acids is 1. The molecule has 0 aromatic heterocycles. The van der Waals surface area contributed by atoms with Gasteiger partial charge in [-0.2, -0.15) is 0 Å². The second-order valence-corrected chi connectivity index (χ2v) is 5.72. The molecule has 19 heavy (non-hydrogen) atoms. The molecule has 6 heteroatoms. The Morgan fingerprint density at radius 3 is 2.47 bits per heavy atom. The minimum Gasteiger partial charge on any atom is -0.478 e. The molecule has 1 aromatic rings. The van der Waals surface area contributed by atoms with Gasteiger partial charge in [0.15, 0.2) is 0 Å². The van der Waals surface area contributed by atoms with Gasteiger partial charge in [0, 0.05) is 4.90 Å². The zero-order valence-electron chi connectivity index (χ0n) is 11.0. The van der Waals surface area contributed by atoms with Crippen molar-refractivity contribution in [2.24, 2.45) is 0 Å². The number of anilines is 1. The van der Waals surface area contributed by atoms with Crippen LogP contribution in [-0.4, -0.2) is 45.8 Å². The Bertz CT molecular complexity index is 446. The lowest BCUT2D eigenvalue weighted by molar-refractivity contribution is 0.0693. The monoisotopic (exact) mass is 285 g/mol. The molecular formula is C13H19NO4S. The van der Waals surface area contributed by atoms with Crippen LogP contribution in [0.3, 0.4) is 0 Å². The summed E-state index contributed by atoms with van der Waals surface area (Å²) < 4.78 is 0. The standard InChI is InChI=1S/C13H19NO4S/c1-3-19-10-6-4-5-9(11(10)12(17)18)14-13(2,7-15)8-16/h4-6,14-16H,3,7-8H2,1-2H3,(H,17,18). The number of aliphatic hydroxyl groups excluding tert-OH is 2. The maximum absolute atomic E-state index is 11.4. The molecular weight excluding hydrogens is 266 g/mol. The van der Waals surface area contributed by atoms with Crippen molar-refractivity contribution >= 4 is 23.4 Å². The van der Waals surface area contributed by atoms with Crippen molar-refractivity contribution in [2.45, 2.75) is 24.3 Å². The Hall–Kier alpha value is -1.24. The molecule has 0 aliphatic heterocycles. The normalized spacial score (nSPS) is 11.4. The number of hydrogen-bond acceptors (Lipinski definition) is 5. The maximum Gasteiger partial charge on any atom is 0.338 e. The summed E-state index contributed by atoms with van der Waals surface area (Å²) in [6.07, 6.45) is 0. The third-order valence-corrected chi connectivity index (χ3v) is 3.61. The number of benzene rings is 1. The zero-order valence-corrected chi connectivity index (χ0v) is 11.8. The molecule has 0 fully saturated rings. The van der Waals surface area contributed by atoms with Gasteiger partial charge in [0.05, 0.1) is 30.0 Å². The van der Waals surface area contributed by atoms with Gasteiger partial charge in [0.2, 0.25) is 0 Å². The lowest BCUT2D eigenvalue weighted by Gasteiger charge is -2.28. The van der Waals surface area contributed by atoms with Crippen LogP contribution in [0.1, 0.15) is 24.2 Å². The number of thioether (sulfide) groups is 1. The minimum atomic E-state index is -1.03. The molecule has 0 spiro atoms. The molecule has 0 bridgehead atoms. The highest BCUT2D eigenvalue weighted by molar-refractivity contribution is 7.99. The summed E-state index contributed by atoms with van der Waals surface area (Å²) in [7, 11) is 0. The molecule has 0 saturated heterocycles. The van der Waals surface area contributed by atoms with Crippen LogP contribution in [-0.2, 0) is 0 Å². The molecule has 0 saturated carbocycles. The van der Waals surface area contributed by atoms with Crippen LogP contribution in [0.25, 0.3) is 0 Å². The highest BCUT2D eigenvalue weighted by Crippen LogP contribution is 2.30. The summed E-state index contributed by atoms with van der Waals surface area (Å²) in [5.41, 5.74) is -0.390. The van der Waals surface area contributed by atoms with E-state index in [0.717, 1.165) is 5.75 Å². The van der Waals surface area contributed by atoms with E-state index in [1.165, 1.54) is 11.8 Å². The maximum atomic E-state index is 11.4. The van der Waals surface area contributed by atoms with Crippen LogP contribution in [0.5, 0.6) is 0 Å². The van der Waals surface area contributed by atoms with Crippen molar-refractivity contribution in [1.82, 2.24) is 0 Å². The molecule has 1 rings (SSSR count). The van der Waals surface area contributed by atoms with Gasteiger partial charge in [-0.3, -0.25) is 0 Å². The first kappa shape index (κ1) is 15.8. The van der Waals surface area contributed by atoms with Gasteiger partial charge in [0.25, 0.3) is 0 Å². The molecule has 0 aliphatic rings. The predicted octanol–water partition coefficient (Wildman–Crippen LogP) is 1.65. The largest absolute Gasteiger partial charge is 0.478 e. The number of hydrogen-bond donors (Lipinski definition) is 4. The van der Waals surface area contributed by atoms with E-state index < -0.39 is 11.5 Å². The topological polar surface area (TPSA) is 89.8 Å². The molecule has 0 aliphatic carbocycles. The number of carbonyl (C=O) groups is 1. The number of carboxylic acid groups (broad SMARTS) is 1. The number of rotatable bonds is 7. The summed E-state index contributed by atoms with van der Waals surface area (Å²) in [4.78, 5) is 12.1. The van der Waals surface area contributed by atoms with Crippen molar-refractivity contribution in [2.75, 3.05) is 24.3 Å². The molecule has 5 nitrogen and oxygen atoms in total. The summed E-state index contributed by atoms with van der Waals surface area (Å²) in [6, 6.07) is 5.13. The van der Waals surface area contributed by atoms with E-state index in [1.54, 1.807) is 25.1 Å². The average Bonchev–Trinajstić information content (AvgIpc) is 2.39. The Balaban J connectivity index is 3.20. The summed E-state index contributed by atoms with van der Waals surface area (Å²) in [5, 5.41) is 30.8.